The van der Waals surface area contributed by atoms with Gasteiger partial charge in [0.05, 0.1) is 11.9 Å². The number of aryl methyl sites for hydroxylation is 1. The minimum Gasteiger partial charge on any atom is -0.308 e. The molecular formula is C12H25N5. The van der Waals surface area contributed by atoms with Crippen LogP contribution in [0.5, 0.6) is 0 Å². The van der Waals surface area contributed by atoms with Crippen molar-refractivity contribution in [3.63, 3.8) is 0 Å². The molecule has 1 atom stereocenters. The Morgan fingerprint density at radius 1 is 1.41 bits per heavy atom. The van der Waals surface area contributed by atoms with Crippen LogP contribution in [0, 0.1) is 5.92 Å². The summed E-state index contributed by atoms with van der Waals surface area (Å²) in [4.78, 5) is 2.22. The lowest BCUT2D eigenvalue weighted by Crippen LogP contribution is -2.39. The van der Waals surface area contributed by atoms with E-state index in [0.29, 0.717) is 12.0 Å². The maximum absolute atomic E-state index is 3.93. The van der Waals surface area contributed by atoms with Crippen LogP contribution in [-0.4, -0.2) is 46.6 Å². The predicted octanol–water partition coefficient (Wildman–Crippen LogP) is 0.881. The van der Waals surface area contributed by atoms with Crippen LogP contribution >= 0.6 is 0 Å². The molecule has 98 valence electrons. The van der Waals surface area contributed by atoms with E-state index >= 15 is 0 Å². The Morgan fingerprint density at radius 3 is 2.59 bits per heavy atom. The minimum atomic E-state index is 0.514. The van der Waals surface area contributed by atoms with Crippen LogP contribution in [0.25, 0.3) is 0 Å². The Labute approximate surface area is 104 Å². The van der Waals surface area contributed by atoms with Gasteiger partial charge in [-0.15, -0.1) is 5.10 Å². The standard InChI is InChI=1S/C12H25N5/c1-10(2)6-11(9-16(3)4)13-7-12-8-14-15-17(12)5/h8,10-11,13H,6-7,9H2,1-5H3. The fraction of sp³-hybridized carbons (Fsp3) is 0.833. The molecule has 17 heavy (non-hydrogen) atoms. The van der Waals surface area contributed by atoms with E-state index in [1.54, 1.807) is 0 Å². The van der Waals surface area contributed by atoms with Crippen molar-refractivity contribution in [2.24, 2.45) is 13.0 Å². The summed E-state index contributed by atoms with van der Waals surface area (Å²) >= 11 is 0. The highest BCUT2D eigenvalue weighted by Crippen LogP contribution is 2.06. The molecule has 0 bridgehead atoms. The van der Waals surface area contributed by atoms with Crippen LogP contribution in [0.2, 0.25) is 0 Å². The molecule has 0 amide bonds. The van der Waals surface area contributed by atoms with Gasteiger partial charge in [-0.3, -0.25) is 4.68 Å². The van der Waals surface area contributed by atoms with Crippen LogP contribution in [0.15, 0.2) is 6.20 Å². The normalized spacial score (nSPS) is 13.6. The number of nitrogens with zero attached hydrogens (tertiary/aromatic N) is 4. The predicted molar refractivity (Wildman–Crippen MR) is 69.6 cm³/mol. The van der Waals surface area contributed by atoms with E-state index in [-0.39, 0.29) is 0 Å². The first-order chi connectivity index (χ1) is 7.99. The molecule has 0 saturated carbocycles. The van der Waals surface area contributed by atoms with E-state index in [9.17, 15) is 0 Å². The Bertz CT molecular complexity index is 308. The molecule has 0 aromatic carbocycles. The molecule has 0 radical (unpaired) electrons. The molecule has 1 rings (SSSR count). The van der Waals surface area contributed by atoms with Gasteiger partial charge >= 0.3 is 0 Å². The van der Waals surface area contributed by atoms with Gasteiger partial charge < -0.3 is 10.2 Å². The number of hydrogen-bond donors (Lipinski definition) is 1. The SMILES string of the molecule is CC(C)CC(CN(C)C)NCc1cnnn1C. The van der Waals surface area contributed by atoms with Gasteiger partial charge in [-0.1, -0.05) is 19.1 Å². The van der Waals surface area contributed by atoms with E-state index in [1.165, 1.54) is 6.42 Å². The quantitative estimate of drug-likeness (QED) is 0.767. The molecule has 0 aliphatic heterocycles. The topological polar surface area (TPSA) is 46.0 Å². The van der Waals surface area contributed by atoms with Crippen molar-refractivity contribution in [1.82, 2.24) is 25.2 Å². The highest BCUT2D eigenvalue weighted by molar-refractivity contribution is 4.93. The highest BCUT2D eigenvalue weighted by atomic mass is 15.4. The smallest absolute Gasteiger partial charge is 0.0738 e. The van der Waals surface area contributed by atoms with Crippen LogP contribution < -0.4 is 5.32 Å². The number of likely N-dealkylation sites (N-methyl/N-ethyl adjacent to an activating group) is 1. The molecule has 1 heterocycles. The summed E-state index contributed by atoms with van der Waals surface area (Å²) in [5.41, 5.74) is 1.12. The number of rotatable bonds is 7. The van der Waals surface area contributed by atoms with Gasteiger partial charge in [-0.05, 0) is 26.4 Å². The van der Waals surface area contributed by atoms with Gasteiger partial charge in [0.1, 0.15) is 0 Å². The maximum atomic E-state index is 3.93. The lowest BCUT2D eigenvalue weighted by Gasteiger charge is -2.24. The van der Waals surface area contributed by atoms with Crippen LogP contribution in [-0.2, 0) is 13.6 Å². The Kier molecular flexibility index (Phi) is 5.58. The second-order valence-electron chi connectivity index (χ2n) is 5.32. The summed E-state index contributed by atoms with van der Waals surface area (Å²) in [6.07, 6.45) is 3.00. The molecular weight excluding hydrogens is 214 g/mol. The molecule has 1 aromatic rings. The number of nitrogens with one attached hydrogen (secondary N) is 1. The lowest BCUT2D eigenvalue weighted by atomic mass is 10.0. The second-order valence-corrected chi connectivity index (χ2v) is 5.32. The summed E-state index contributed by atoms with van der Waals surface area (Å²) < 4.78 is 1.81. The van der Waals surface area contributed by atoms with Crippen molar-refractivity contribution in [2.75, 3.05) is 20.6 Å². The zero-order valence-electron chi connectivity index (χ0n) is 11.6. The lowest BCUT2D eigenvalue weighted by molar-refractivity contribution is 0.303. The third kappa shape index (κ3) is 5.28. The molecule has 5 heteroatoms. The van der Waals surface area contributed by atoms with Gasteiger partial charge in [0, 0.05) is 26.2 Å². The van der Waals surface area contributed by atoms with Crippen molar-refractivity contribution in [3.8, 4) is 0 Å². The van der Waals surface area contributed by atoms with Crippen LogP contribution in [0.1, 0.15) is 26.0 Å². The van der Waals surface area contributed by atoms with Crippen molar-refractivity contribution < 1.29 is 0 Å². The maximum Gasteiger partial charge on any atom is 0.0738 e. The average Bonchev–Trinajstić information content (AvgIpc) is 2.59. The first-order valence-corrected chi connectivity index (χ1v) is 6.20. The Morgan fingerprint density at radius 2 is 2.12 bits per heavy atom. The van der Waals surface area contributed by atoms with Crippen molar-refractivity contribution in [1.29, 1.82) is 0 Å². The summed E-state index contributed by atoms with van der Waals surface area (Å²) in [6, 6.07) is 0.514. The largest absolute Gasteiger partial charge is 0.308 e. The molecule has 0 aliphatic rings. The van der Waals surface area contributed by atoms with Crippen LogP contribution in [0.4, 0.5) is 0 Å². The summed E-state index contributed by atoms with van der Waals surface area (Å²) in [5.74, 6) is 0.706. The highest BCUT2D eigenvalue weighted by Gasteiger charge is 2.12. The Balaban J connectivity index is 2.45. The van der Waals surface area contributed by atoms with Crippen molar-refractivity contribution in [3.05, 3.63) is 11.9 Å². The molecule has 0 spiro atoms. The van der Waals surface area contributed by atoms with E-state index in [0.717, 1.165) is 18.8 Å². The molecule has 1 aromatic heterocycles. The molecule has 1 N–H and O–H groups in total. The van der Waals surface area contributed by atoms with Crippen molar-refractivity contribution >= 4 is 0 Å². The number of aromatic nitrogens is 3. The monoisotopic (exact) mass is 239 g/mol. The van der Waals surface area contributed by atoms with Gasteiger partial charge in [0.25, 0.3) is 0 Å². The van der Waals surface area contributed by atoms with Gasteiger partial charge in [-0.2, -0.15) is 0 Å². The van der Waals surface area contributed by atoms with Gasteiger partial charge in [-0.25, -0.2) is 0 Å². The van der Waals surface area contributed by atoms with E-state index in [1.807, 2.05) is 17.9 Å². The van der Waals surface area contributed by atoms with E-state index in [4.69, 9.17) is 0 Å². The first kappa shape index (κ1) is 14.1. The minimum absolute atomic E-state index is 0.514. The van der Waals surface area contributed by atoms with Crippen LogP contribution in [0.3, 0.4) is 0 Å². The molecule has 0 fully saturated rings. The molecule has 5 nitrogen and oxygen atoms in total. The third-order valence-electron chi connectivity index (χ3n) is 2.72. The third-order valence-corrected chi connectivity index (χ3v) is 2.72. The van der Waals surface area contributed by atoms with E-state index in [2.05, 4.69) is 48.5 Å². The fourth-order valence-electron chi connectivity index (χ4n) is 1.95. The molecule has 0 saturated heterocycles. The molecule has 1 unspecified atom stereocenters. The van der Waals surface area contributed by atoms with Crippen molar-refractivity contribution in [2.45, 2.75) is 32.9 Å². The second kappa shape index (κ2) is 6.71. The zero-order valence-corrected chi connectivity index (χ0v) is 11.6. The fourth-order valence-corrected chi connectivity index (χ4v) is 1.95. The summed E-state index contributed by atoms with van der Waals surface area (Å²) in [6.45, 7) is 6.41. The van der Waals surface area contributed by atoms with E-state index < -0.39 is 0 Å². The Hall–Kier alpha value is -0.940. The first-order valence-electron chi connectivity index (χ1n) is 6.20. The summed E-state index contributed by atoms with van der Waals surface area (Å²) in [7, 11) is 6.15. The number of hydrogen-bond acceptors (Lipinski definition) is 4. The summed E-state index contributed by atoms with van der Waals surface area (Å²) in [5, 5.41) is 11.4. The average molecular weight is 239 g/mol. The zero-order chi connectivity index (χ0) is 12.8. The van der Waals surface area contributed by atoms with Gasteiger partial charge in [0.15, 0.2) is 0 Å². The molecule has 0 aliphatic carbocycles. The van der Waals surface area contributed by atoms with Gasteiger partial charge in [0.2, 0.25) is 0 Å².